The van der Waals surface area contributed by atoms with Crippen molar-refractivity contribution in [2.75, 3.05) is 11.6 Å². The van der Waals surface area contributed by atoms with E-state index in [0.717, 1.165) is 11.3 Å². The van der Waals surface area contributed by atoms with Crippen LogP contribution in [-0.4, -0.2) is 18.8 Å². The van der Waals surface area contributed by atoms with E-state index < -0.39 is 0 Å². The molecule has 0 unspecified atom stereocenters. The Morgan fingerprint density at radius 2 is 2.07 bits per heavy atom. The van der Waals surface area contributed by atoms with Crippen LogP contribution in [0.4, 0.5) is 5.69 Å². The summed E-state index contributed by atoms with van der Waals surface area (Å²) < 4.78 is 0. The first-order chi connectivity index (χ1) is 6.95. The molecule has 0 bridgehead atoms. The predicted molar refractivity (Wildman–Crippen MR) is 60.9 cm³/mol. The molecule has 76 valence electrons. The van der Waals surface area contributed by atoms with Crippen molar-refractivity contribution >= 4 is 30.3 Å². The molecule has 0 saturated heterocycles. The standard InChI is InChI=1S/C9H7N5.ClH/c1-2-4-8-7(3-1)5-10-12-9-13-11-6-14(8)9;/h1-5H,6H2;1H. The number of hydrogen-bond donors (Lipinski definition) is 0. The number of guanidine groups is 1. The van der Waals surface area contributed by atoms with E-state index in [2.05, 4.69) is 20.4 Å². The number of anilines is 1. The van der Waals surface area contributed by atoms with Gasteiger partial charge in [-0.05, 0) is 6.07 Å². The summed E-state index contributed by atoms with van der Waals surface area (Å²) in [4.78, 5) is 1.93. The van der Waals surface area contributed by atoms with E-state index in [1.165, 1.54) is 0 Å². The Balaban J connectivity index is 0.000000853. The molecule has 1 aromatic rings. The van der Waals surface area contributed by atoms with Crippen LogP contribution in [0.15, 0.2) is 44.7 Å². The number of benzene rings is 1. The molecule has 2 aliphatic heterocycles. The molecule has 3 rings (SSSR count). The van der Waals surface area contributed by atoms with Gasteiger partial charge in [-0.25, -0.2) is 0 Å². The molecule has 0 aliphatic carbocycles. The second-order valence-electron chi connectivity index (χ2n) is 3.01. The third-order valence-electron chi connectivity index (χ3n) is 2.18. The Kier molecular flexibility index (Phi) is 2.47. The number of hydrogen-bond acceptors (Lipinski definition) is 5. The van der Waals surface area contributed by atoms with E-state index in [9.17, 15) is 0 Å². The van der Waals surface area contributed by atoms with E-state index in [1.54, 1.807) is 6.21 Å². The lowest BCUT2D eigenvalue weighted by Gasteiger charge is -2.15. The fourth-order valence-corrected chi connectivity index (χ4v) is 1.52. The van der Waals surface area contributed by atoms with Gasteiger partial charge >= 0.3 is 0 Å². The predicted octanol–water partition coefficient (Wildman–Crippen LogP) is 2.04. The fraction of sp³-hybridized carbons (Fsp3) is 0.111. The number of nitrogens with zero attached hydrogens (tertiary/aromatic N) is 5. The zero-order valence-electron chi connectivity index (χ0n) is 7.74. The maximum atomic E-state index is 3.95. The number of rotatable bonds is 0. The highest BCUT2D eigenvalue weighted by Gasteiger charge is 2.21. The van der Waals surface area contributed by atoms with Crippen molar-refractivity contribution in [3.05, 3.63) is 29.8 Å². The Hall–Kier alpha value is -1.75. The zero-order valence-corrected chi connectivity index (χ0v) is 8.55. The molecule has 1 aromatic carbocycles. The molecular formula is C9H8ClN5. The molecule has 0 fully saturated rings. The van der Waals surface area contributed by atoms with Crippen LogP contribution in [-0.2, 0) is 0 Å². The molecule has 2 heterocycles. The largest absolute Gasteiger partial charge is 0.285 e. The number of halogens is 1. The second-order valence-corrected chi connectivity index (χ2v) is 3.01. The van der Waals surface area contributed by atoms with Crippen molar-refractivity contribution in [3.63, 3.8) is 0 Å². The average Bonchev–Trinajstić information content (AvgIpc) is 2.61. The lowest BCUT2D eigenvalue weighted by Crippen LogP contribution is -2.24. The highest BCUT2D eigenvalue weighted by atomic mass is 35.5. The van der Waals surface area contributed by atoms with Crippen LogP contribution in [0.1, 0.15) is 5.56 Å². The van der Waals surface area contributed by atoms with Gasteiger partial charge in [-0.3, -0.25) is 4.90 Å². The van der Waals surface area contributed by atoms with Gasteiger partial charge in [0.15, 0.2) is 0 Å². The van der Waals surface area contributed by atoms with Gasteiger partial charge in [0.2, 0.25) is 0 Å². The average molecular weight is 222 g/mol. The SMILES string of the molecule is C1=NN=C2N=NCN2c2ccccc21.Cl. The lowest BCUT2D eigenvalue weighted by molar-refractivity contribution is 1.03. The summed E-state index contributed by atoms with van der Waals surface area (Å²) >= 11 is 0. The van der Waals surface area contributed by atoms with Crippen molar-refractivity contribution in [1.29, 1.82) is 0 Å². The van der Waals surface area contributed by atoms with Gasteiger partial charge in [0.05, 0.1) is 11.9 Å². The van der Waals surface area contributed by atoms with Crippen molar-refractivity contribution in [1.82, 2.24) is 0 Å². The van der Waals surface area contributed by atoms with Crippen LogP contribution in [0.5, 0.6) is 0 Å². The topological polar surface area (TPSA) is 52.7 Å². The Morgan fingerprint density at radius 3 is 3.00 bits per heavy atom. The molecular weight excluding hydrogens is 214 g/mol. The number of azo groups is 1. The first kappa shape index (κ1) is 9.79. The van der Waals surface area contributed by atoms with Crippen molar-refractivity contribution in [2.45, 2.75) is 0 Å². The summed E-state index contributed by atoms with van der Waals surface area (Å²) in [5.74, 6) is 0.561. The smallest absolute Gasteiger partial charge is 0.270 e. The van der Waals surface area contributed by atoms with Crippen LogP contribution in [0.3, 0.4) is 0 Å². The quantitative estimate of drug-likeness (QED) is 0.662. The molecule has 0 amide bonds. The summed E-state index contributed by atoms with van der Waals surface area (Å²) in [6, 6.07) is 7.96. The molecule has 0 spiro atoms. The summed E-state index contributed by atoms with van der Waals surface area (Å²) in [5, 5.41) is 15.7. The highest BCUT2D eigenvalue weighted by Crippen LogP contribution is 2.24. The van der Waals surface area contributed by atoms with E-state index in [1.807, 2.05) is 29.2 Å². The van der Waals surface area contributed by atoms with E-state index in [0.29, 0.717) is 12.6 Å². The van der Waals surface area contributed by atoms with Crippen molar-refractivity contribution < 1.29 is 0 Å². The summed E-state index contributed by atoms with van der Waals surface area (Å²) in [6.45, 7) is 0.527. The molecule has 5 nitrogen and oxygen atoms in total. The minimum absolute atomic E-state index is 0. The molecule has 6 heteroatoms. The third kappa shape index (κ3) is 1.50. The first-order valence-corrected chi connectivity index (χ1v) is 4.30. The summed E-state index contributed by atoms with van der Waals surface area (Å²) in [6.07, 6.45) is 1.73. The highest BCUT2D eigenvalue weighted by molar-refractivity contribution is 6.03. The van der Waals surface area contributed by atoms with Gasteiger partial charge in [0, 0.05) is 5.56 Å². The van der Waals surface area contributed by atoms with Gasteiger partial charge in [-0.2, -0.15) is 10.2 Å². The minimum Gasteiger partial charge on any atom is -0.285 e. The van der Waals surface area contributed by atoms with Crippen LogP contribution < -0.4 is 4.90 Å². The molecule has 0 N–H and O–H groups in total. The van der Waals surface area contributed by atoms with Gasteiger partial charge < -0.3 is 0 Å². The normalized spacial score (nSPS) is 16.3. The Morgan fingerprint density at radius 1 is 1.20 bits per heavy atom. The van der Waals surface area contributed by atoms with E-state index in [-0.39, 0.29) is 12.4 Å². The zero-order chi connectivity index (χ0) is 9.38. The third-order valence-corrected chi connectivity index (χ3v) is 2.18. The maximum Gasteiger partial charge on any atom is 0.270 e. The lowest BCUT2D eigenvalue weighted by atomic mass is 10.2. The van der Waals surface area contributed by atoms with Gasteiger partial charge in [-0.1, -0.05) is 18.2 Å². The first-order valence-electron chi connectivity index (χ1n) is 4.30. The fourth-order valence-electron chi connectivity index (χ4n) is 1.52. The maximum absolute atomic E-state index is 3.95. The molecule has 0 aromatic heterocycles. The van der Waals surface area contributed by atoms with Crippen LogP contribution in [0, 0.1) is 0 Å². The summed E-state index contributed by atoms with van der Waals surface area (Å²) in [5.41, 5.74) is 2.09. The minimum atomic E-state index is 0. The molecule has 0 atom stereocenters. The van der Waals surface area contributed by atoms with Gasteiger partial charge in [0.1, 0.15) is 6.67 Å². The second kappa shape index (κ2) is 3.78. The number of para-hydroxylation sites is 1. The summed E-state index contributed by atoms with van der Waals surface area (Å²) in [7, 11) is 0. The van der Waals surface area contributed by atoms with E-state index in [4.69, 9.17) is 0 Å². The molecule has 2 aliphatic rings. The van der Waals surface area contributed by atoms with E-state index >= 15 is 0 Å². The Bertz CT molecular complexity index is 465. The molecule has 15 heavy (non-hydrogen) atoms. The van der Waals surface area contributed by atoms with Gasteiger partial charge in [-0.15, -0.1) is 22.6 Å². The van der Waals surface area contributed by atoms with Gasteiger partial charge in [0.25, 0.3) is 5.96 Å². The Labute approximate surface area is 92.6 Å². The molecule has 0 saturated carbocycles. The van der Waals surface area contributed by atoms with Crippen LogP contribution >= 0.6 is 12.4 Å². The monoisotopic (exact) mass is 221 g/mol. The number of fused-ring (bicyclic) bond motifs is 3. The molecule has 0 radical (unpaired) electrons. The van der Waals surface area contributed by atoms with Crippen LogP contribution in [0.25, 0.3) is 0 Å². The van der Waals surface area contributed by atoms with Crippen molar-refractivity contribution in [3.8, 4) is 0 Å². The van der Waals surface area contributed by atoms with Crippen molar-refractivity contribution in [2.24, 2.45) is 20.4 Å². The van der Waals surface area contributed by atoms with Crippen LogP contribution in [0.2, 0.25) is 0 Å².